The van der Waals surface area contributed by atoms with Crippen molar-refractivity contribution >= 4 is 26.0 Å². The number of hydrogen-bond acceptors (Lipinski definition) is 2. The van der Waals surface area contributed by atoms with Gasteiger partial charge in [0.15, 0.2) is 0 Å². The van der Waals surface area contributed by atoms with Crippen molar-refractivity contribution < 1.29 is 8.42 Å². The van der Waals surface area contributed by atoms with Crippen LogP contribution in [0.1, 0.15) is 25.3 Å². The van der Waals surface area contributed by atoms with Gasteiger partial charge >= 0.3 is 0 Å². The van der Waals surface area contributed by atoms with Crippen LogP contribution in [0.15, 0.2) is 28.7 Å². The van der Waals surface area contributed by atoms with Gasteiger partial charge in [-0.25, -0.2) is 12.7 Å². The SMILES string of the molecule is CCCCS(=O)(=O)N(C)Cc1ccccc1Br. The van der Waals surface area contributed by atoms with Gasteiger partial charge in [0, 0.05) is 18.1 Å². The Morgan fingerprint density at radius 2 is 1.94 bits per heavy atom. The van der Waals surface area contributed by atoms with Gasteiger partial charge in [-0.2, -0.15) is 0 Å². The molecule has 1 aromatic carbocycles. The van der Waals surface area contributed by atoms with Gasteiger partial charge in [0.2, 0.25) is 10.0 Å². The number of sulfonamides is 1. The van der Waals surface area contributed by atoms with E-state index >= 15 is 0 Å². The topological polar surface area (TPSA) is 37.4 Å². The maximum absolute atomic E-state index is 11.9. The third kappa shape index (κ3) is 4.41. The molecule has 0 aliphatic rings. The van der Waals surface area contributed by atoms with Gasteiger partial charge < -0.3 is 0 Å². The van der Waals surface area contributed by atoms with Crippen molar-refractivity contribution in [3.05, 3.63) is 34.3 Å². The molecule has 0 unspecified atom stereocenters. The van der Waals surface area contributed by atoms with Crippen LogP contribution < -0.4 is 0 Å². The molecule has 0 amide bonds. The van der Waals surface area contributed by atoms with Crippen LogP contribution in [0.5, 0.6) is 0 Å². The molecular formula is C12H18BrNO2S. The van der Waals surface area contributed by atoms with E-state index in [4.69, 9.17) is 0 Å². The molecule has 3 nitrogen and oxygen atoms in total. The lowest BCUT2D eigenvalue weighted by Gasteiger charge is -2.17. The van der Waals surface area contributed by atoms with Gasteiger partial charge in [-0.1, -0.05) is 47.5 Å². The molecule has 1 rings (SSSR count). The van der Waals surface area contributed by atoms with Crippen LogP contribution in [-0.2, 0) is 16.6 Å². The highest BCUT2D eigenvalue weighted by atomic mass is 79.9. The molecule has 1 aromatic rings. The number of halogens is 1. The molecule has 0 aliphatic heterocycles. The lowest BCUT2D eigenvalue weighted by Crippen LogP contribution is -2.28. The van der Waals surface area contributed by atoms with Crippen LogP contribution in [-0.4, -0.2) is 25.5 Å². The Hall–Kier alpha value is -0.390. The number of rotatable bonds is 6. The quantitative estimate of drug-likeness (QED) is 0.808. The predicted molar refractivity (Wildman–Crippen MR) is 74.3 cm³/mol. The van der Waals surface area contributed by atoms with Gasteiger partial charge in [0.25, 0.3) is 0 Å². The fourth-order valence-corrected chi connectivity index (χ4v) is 3.16. The second-order valence-corrected chi connectivity index (χ2v) is 7.07. The number of benzene rings is 1. The maximum atomic E-state index is 11.9. The normalized spacial score (nSPS) is 12.0. The molecule has 96 valence electrons. The Morgan fingerprint density at radius 1 is 1.29 bits per heavy atom. The molecule has 0 heterocycles. The first-order valence-corrected chi connectivity index (χ1v) is 8.05. The molecular weight excluding hydrogens is 302 g/mol. The van der Waals surface area contributed by atoms with Crippen LogP contribution >= 0.6 is 15.9 Å². The van der Waals surface area contributed by atoms with E-state index < -0.39 is 10.0 Å². The van der Waals surface area contributed by atoms with E-state index in [1.165, 1.54) is 4.31 Å². The standard InChI is InChI=1S/C12H18BrNO2S/c1-3-4-9-17(15,16)14(2)10-11-7-5-6-8-12(11)13/h5-8H,3-4,9-10H2,1-2H3. The summed E-state index contributed by atoms with van der Waals surface area (Å²) in [6, 6.07) is 7.67. The molecule has 0 N–H and O–H groups in total. The molecule has 0 bridgehead atoms. The van der Waals surface area contributed by atoms with E-state index in [-0.39, 0.29) is 5.75 Å². The van der Waals surface area contributed by atoms with E-state index in [0.717, 1.165) is 16.5 Å². The van der Waals surface area contributed by atoms with Crippen molar-refractivity contribution in [3.8, 4) is 0 Å². The summed E-state index contributed by atoms with van der Waals surface area (Å²) in [5.74, 6) is 0.227. The summed E-state index contributed by atoms with van der Waals surface area (Å²) in [6.07, 6.45) is 1.60. The minimum absolute atomic E-state index is 0.227. The number of nitrogens with zero attached hydrogens (tertiary/aromatic N) is 1. The van der Waals surface area contributed by atoms with Crippen LogP contribution in [0, 0.1) is 0 Å². The summed E-state index contributed by atoms with van der Waals surface area (Å²) in [6.45, 7) is 2.40. The molecule has 0 saturated heterocycles. The summed E-state index contributed by atoms with van der Waals surface area (Å²) in [4.78, 5) is 0. The predicted octanol–water partition coefficient (Wildman–Crippen LogP) is 3.01. The van der Waals surface area contributed by atoms with Crippen molar-refractivity contribution in [2.24, 2.45) is 0 Å². The Labute approximate surface area is 112 Å². The summed E-state index contributed by atoms with van der Waals surface area (Å²) < 4.78 is 26.2. The van der Waals surface area contributed by atoms with E-state index in [2.05, 4.69) is 15.9 Å². The van der Waals surface area contributed by atoms with Crippen molar-refractivity contribution in [2.75, 3.05) is 12.8 Å². The summed E-state index contributed by atoms with van der Waals surface area (Å²) >= 11 is 3.42. The smallest absolute Gasteiger partial charge is 0.212 e. The third-order valence-corrected chi connectivity index (χ3v) is 5.24. The molecule has 0 spiro atoms. The van der Waals surface area contributed by atoms with E-state index in [1.54, 1.807) is 7.05 Å². The largest absolute Gasteiger partial charge is 0.214 e. The Kier molecular flexibility index (Phi) is 5.62. The second-order valence-electron chi connectivity index (χ2n) is 4.02. The van der Waals surface area contributed by atoms with E-state index in [9.17, 15) is 8.42 Å². The maximum Gasteiger partial charge on any atom is 0.214 e. The Morgan fingerprint density at radius 3 is 2.53 bits per heavy atom. The highest BCUT2D eigenvalue weighted by molar-refractivity contribution is 9.10. The Balaban J connectivity index is 2.72. The van der Waals surface area contributed by atoms with Gasteiger partial charge in [0.1, 0.15) is 0 Å². The molecule has 5 heteroatoms. The van der Waals surface area contributed by atoms with Crippen molar-refractivity contribution in [2.45, 2.75) is 26.3 Å². The zero-order valence-corrected chi connectivity index (χ0v) is 12.6. The molecule has 0 radical (unpaired) electrons. The fraction of sp³-hybridized carbons (Fsp3) is 0.500. The number of hydrogen-bond donors (Lipinski definition) is 0. The van der Waals surface area contributed by atoms with Gasteiger partial charge in [-0.05, 0) is 18.1 Å². The van der Waals surface area contributed by atoms with Crippen molar-refractivity contribution in [3.63, 3.8) is 0 Å². The van der Waals surface area contributed by atoms with Crippen LogP contribution in [0.4, 0.5) is 0 Å². The van der Waals surface area contributed by atoms with Gasteiger partial charge in [-0.3, -0.25) is 0 Å². The third-order valence-electron chi connectivity index (χ3n) is 2.58. The zero-order chi connectivity index (χ0) is 12.9. The monoisotopic (exact) mass is 319 g/mol. The lowest BCUT2D eigenvalue weighted by atomic mass is 10.2. The van der Waals surface area contributed by atoms with Crippen molar-refractivity contribution in [1.82, 2.24) is 4.31 Å². The summed E-state index contributed by atoms with van der Waals surface area (Å²) in [7, 11) is -1.50. The van der Waals surface area contributed by atoms with Gasteiger partial charge in [-0.15, -0.1) is 0 Å². The highest BCUT2D eigenvalue weighted by Crippen LogP contribution is 2.18. The molecule has 0 atom stereocenters. The first-order valence-electron chi connectivity index (χ1n) is 5.65. The van der Waals surface area contributed by atoms with E-state index in [1.807, 2.05) is 31.2 Å². The van der Waals surface area contributed by atoms with Crippen molar-refractivity contribution in [1.29, 1.82) is 0 Å². The highest BCUT2D eigenvalue weighted by Gasteiger charge is 2.17. The fourth-order valence-electron chi connectivity index (χ4n) is 1.45. The average molecular weight is 320 g/mol. The average Bonchev–Trinajstić information content (AvgIpc) is 2.29. The number of unbranched alkanes of at least 4 members (excludes halogenated alkanes) is 1. The molecule has 0 fully saturated rings. The summed E-state index contributed by atoms with van der Waals surface area (Å²) in [5.41, 5.74) is 0.982. The summed E-state index contributed by atoms with van der Waals surface area (Å²) in [5, 5.41) is 0. The molecule has 17 heavy (non-hydrogen) atoms. The molecule has 0 aliphatic carbocycles. The Bertz CT molecular complexity index is 459. The second kappa shape index (κ2) is 6.52. The molecule has 0 aromatic heterocycles. The van der Waals surface area contributed by atoms with Crippen LogP contribution in [0.3, 0.4) is 0 Å². The van der Waals surface area contributed by atoms with E-state index in [0.29, 0.717) is 13.0 Å². The first-order chi connectivity index (χ1) is 7.97. The van der Waals surface area contributed by atoms with Crippen LogP contribution in [0.2, 0.25) is 0 Å². The minimum Gasteiger partial charge on any atom is -0.212 e. The first kappa shape index (κ1) is 14.7. The zero-order valence-electron chi connectivity index (χ0n) is 10.2. The minimum atomic E-state index is -3.12. The molecule has 0 saturated carbocycles. The lowest BCUT2D eigenvalue weighted by molar-refractivity contribution is 0.464. The van der Waals surface area contributed by atoms with Gasteiger partial charge in [0.05, 0.1) is 5.75 Å². The van der Waals surface area contributed by atoms with Crippen LogP contribution in [0.25, 0.3) is 0 Å².